The Labute approximate surface area is 80.0 Å². The van der Waals surface area contributed by atoms with Crippen LogP contribution in [0, 0.1) is 11.3 Å². The van der Waals surface area contributed by atoms with Crippen molar-refractivity contribution in [3.63, 3.8) is 0 Å². The molecule has 0 amide bonds. The molecule has 0 aromatic heterocycles. The van der Waals surface area contributed by atoms with Gasteiger partial charge in [0.15, 0.2) is 0 Å². The van der Waals surface area contributed by atoms with E-state index in [9.17, 15) is 5.11 Å². The van der Waals surface area contributed by atoms with Crippen molar-refractivity contribution in [1.82, 2.24) is 4.90 Å². The van der Waals surface area contributed by atoms with Gasteiger partial charge in [0.1, 0.15) is 0 Å². The summed E-state index contributed by atoms with van der Waals surface area (Å²) in [5, 5.41) is 18.1. The van der Waals surface area contributed by atoms with Gasteiger partial charge in [0.25, 0.3) is 0 Å². The Bertz CT molecular complexity index is 188. The van der Waals surface area contributed by atoms with Crippen molar-refractivity contribution in [3.8, 4) is 6.07 Å². The van der Waals surface area contributed by atoms with Crippen LogP contribution < -0.4 is 0 Å². The molecular formula is C10H18N2O. The lowest BCUT2D eigenvalue weighted by Crippen LogP contribution is -2.40. The molecule has 0 unspecified atom stereocenters. The third-order valence-electron chi connectivity index (χ3n) is 2.83. The van der Waals surface area contributed by atoms with Gasteiger partial charge in [-0.1, -0.05) is 6.92 Å². The monoisotopic (exact) mass is 182 g/mol. The predicted molar refractivity (Wildman–Crippen MR) is 51.1 cm³/mol. The first-order chi connectivity index (χ1) is 6.29. The highest BCUT2D eigenvalue weighted by Crippen LogP contribution is 2.23. The number of nitrogens with zero attached hydrogens (tertiary/aromatic N) is 2. The summed E-state index contributed by atoms with van der Waals surface area (Å²) in [6, 6.07) is 2.45. The molecule has 0 aliphatic heterocycles. The highest BCUT2D eigenvalue weighted by atomic mass is 16.3. The Morgan fingerprint density at radius 1 is 1.54 bits per heavy atom. The summed E-state index contributed by atoms with van der Waals surface area (Å²) < 4.78 is 0. The van der Waals surface area contributed by atoms with Crippen molar-refractivity contribution in [2.75, 3.05) is 13.1 Å². The highest BCUT2D eigenvalue weighted by molar-refractivity contribution is 4.86. The number of hydrogen-bond donors (Lipinski definition) is 1. The fourth-order valence-corrected chi connectivity index (χ4v) is 2.10. The molecule has 0 aromatic carbocycles. The van der Waals surface area contributed by atoms with Crippen LogP contribution >= 0.6 is 0 Å². The van der Waals surface area contributed by atoms with Gasteiger partial charge in [-0.15, -0.1) is 0 Å². The standard InChI is InChI=1S/C10H18N2O/c1-2-12(8-4-7-11)9-5-3-6-10(9)13/h9-10,13H,2-6,8H2,1H3/t9-,10-/m0/s1. The Balaban J connectivity index is 2.41. The fourth-order valence-electron chi connectivity index (χ4n) is 2.10. The minimum absolute atomic E-state index is 0.168. The van der Waals surface area contributed by atoms with Gasteiger partial charge in [0, 0.05) is 19.0 Å². The van der Waals surface area contributed by atoms with Gasteiger partial charge in [-0.05, 0) is 25.8 Å². The topological polar surface area (TPSA) is 47.3 Å². The normalized spacial score (nSPS) is 27.8. The first-order valence-corrected chi connectivity index (χ1v) is 5.08. The molecule has 1 aliphatic carbocycles. The van der Waals surface area contributed by atoms with Crippen LogP contribution in [0.4, 0.5) is 0 Å². The smallest absolute Gasteiger partial charge is 0.0695 e. The van der Waals surface area contributed by atoms with Crippen molar-refractivity contribution in [1.29, 1.82) is 5.26 Å². The first-order valence-electron chi connectivity index (χ1n) is 5.08. The molecule has 1 rings (SSSR count). The summed E-state index contributed by atoms with van der Waals surface area (Å²) >= 11 is 0. The van der Waals surface area contributed by atoms with Crippen molar-refractivity contribution in [2.24, 2.45) is 0 Å². The van der Waals surface area contributed by atoms with Gasteiger partial charge < -0.3 is 5.11 Å². The van der Waals surface area contributed by atoms with E-state index in [1.54, 1.807) is 0 Å². The van der Waals surface area contributed by atoms with E-state index in [0.717, 1.165) is 32.4 Å². The lowest BCUT2D eigenvalue weighted by atomic mass is 10.1. The number of likely N-dealkylation sites (N-methyl/N-ethyl adjacent to an activating group) is 1. The van der Waals surface area contributed by atoms with Crippen molar-refractivity contribution >= 4 is 0 Å². The van der Waals surface area contributed by atoms with Crippen molar-refractivity contribution in [2.45, 2.75) is 44.8 Å². The predicted octanol–water partition coefficient (Wildman–Crippen LogP) is 1.14. The summed E-state index contributed by atoms with van der Waals surface area (Å²) in [4.78, 5) is 2.22. The molecule has 1 saturated carbocycles. The lowest BCUT2D eigenvalue weighted by molar-refractivity contribution is 0.0751. The van der Waals surface area contributed by atoms with E-state index in [-0.39, 0.29) is 6.10 Å². The Hall–Kier alpha value is -0.590. The molecule has 3 heteroatoms. The minimum atomic E-state index is -0.168. The fraction of sp³-hybridized carbons (Fsp3) is 0.900. The van der Waals surface area contributed by atoms with Crippen LogP contribution in [0.25, 0.3) is 0 Å². The average Bonchev–Trinajstić information content (AvgIpc) is 2.54. The summed E-state index contributed by atoms with van der Waals surface area (Å²) in [6.07, 6.45) is 3.53. The molecule has 3 nitrogen and oxygen atoms in total. The summed E-state index contributed by atoms with van der Waals surface area (Å²) in [6.45, 7) is 3.82. The molecule has 74 valence electrons. The molecule has 1 fully saturated rings. The summed E-state index contributed by atoms with van der Waals surface area (Å²) in [5.41, 5.74) is 0. The Morgan fingerprint density at radius 2 is 2.31 bits per heavy atom. The van der Waals surface area contributed by atoms with Crippen LogP contribution in [0.3, 0.4) is 0 Å². The summed E-state index contributed by atoms with van der Waals surface area (Å²) in [5.74, 6) is 0. The molecule has 0 spiro atoms. The zero-order chi connectivity index (χ0) is 9.68. The molecule has 0 heterocycles. The van der Waals surface area contributed by atoms with Crippen LogP contribution in [0.1, 0.15) is 32.6 Å². The van der Waals surface area contributed by atoms with E-state index in [1.165, 1.54) is 0 Å². The van der Waals surface area contributed by atoms with Crippen LogP contribution in [0.5, 0.6) is 0 Å². The van der Waals surface area contributed by atoms with E-state index >= 15 is 0 Å². The second-order valence-electron chi connectivity index (χ2n) is 3.60. The van der Waals surface area contributed by atoms with Gasteiger partial charge in [0.2, 0.25) is 0 Å². The molecule has 0 bridgehead atoms. The molecule has 0 radical (unpaired) electrons. The maximum atomic E-state index is 9.67. The molecule has 1 aliphatic rings. The zero-order valence-electron chi connectivity index (χ0n) is 8.24. The Morgan fingerprint density at radius 3 is 2.77 bits per heavy atom. The van der Waals surface area contributed by atoms with Crippen molar-refractivity contribution in [3.05, 3.63) is 0 Å². The van der Waals surface area contributed by atoms with Gasteiger partial charge in [0.05, 0.1) is 12.2 Å². The van der Waals surface area contributed by atoms with Crippen molar-refractivity contribution < 1.29 is 5.11 Å². The maximum Gasteiger partial charge on any atom is 0.0695 e. The molecule has 2 atom stereocenters. The van der Waals surface area contributed by atoms with Gasteiger partial charge in [-0.3, -0.25) is 4.90 Å². The molecular weight excluding hydrogens is 164 g/mol. The van der Waals surface area contributed by atoms with E-state index in [2.05, 4.69) is 17.9 Å². The average molecular weight is 182 g/mol. The van der Waals surface area contributed by atoms with Crippen LogP contribution in [-0.4, -0.2) is 35.2 Å². The number of aliphatic hydroxyl groups excluding tert-OH is 1. The van der Waals surface area contributed by atoms with Gasteiger partial charge in [-0.2, -0.15) is 5.26 Å². The van der Waals surface area contributed by atoms with Gasteiger partial charge >= 0.3 is 0 Å². The summed E-state index contributed by atoms with van der Waals surface area (Å²) in [7, 11) is 0. The number of aliphatic hydroxyl groups is 1. The SMILES string of the molecule is CCN(CCC#N)[C@H]1CCC[C@@H]1O. The molecule has 0 saturated heterocycles. The third-order valence-corrected chi connectivity index (χ3v) is 2.83. The van der Waals surface area contributed by atoms with Gasteiger partial charge in [-0.25, -0.2) is 0 Å². The zero-order valence-corrected chi connectivity index (χ0v) is 8.24. The van der Waals surface area contributed by atoms with Crippen LogP contribution in [0.15, 0.2) is 0 Å². The molecule has 13 heavy (non-hydrogen) atoms. The van der Waals surface area contributed by atoms with E-state index < -0.39 is 0 Å². The second-order valence-corrected chi connectivity index (χ2v) is 3.60. The first kappa shape index (κ1) is 10.5. The maximum absolute atomic E-state index is 9.67. The lowest BCUT2D eigenvalue weighted by Gasteiger charge is -2.28. The van der Waals surface area contributed by atoms with E-state index in [1.807, 2.05) is 0 Å². The van der Waals surface area contributed by atoms with E-state index in [0.29, 0.717) is 12.5 Å². The van der Waals surface area contributed by atoms with Crippen LogP contribution in [0.2, 0.25) is 0 Å². The quantitative estimate of drug-likeness (QED) is 0.709. The second kappa shape index (κ2) is 5.21. The number of nitriles is 1. The van der Waals surface area contributed by atoms with Crippen LogP contribution in [-0.2, 0) is 0 Å². The largest absolute Gasteiger partial charge is 0.391 e. The molecule has 1 N–H and O–H groups in total. The highest BCUT2D eigenvalue weighted by Gasteiger charge is 2.29. The minimum Gasteiger partial charge on any atom is -0.391 e. The van der Waals surface area contributed by atoms with E-state index in [4.69, 9.17) is 5.26 Å². The number of hydrogen-bond acceptors (Lipinski definition) is 3. The third kappa shape index (κ3) is 2.68. The molecule has 0 aromatic rings. The Kier molecular flexibility index (Phi) is 4.20. The number of rotatable bonds is 4.